The molecule has 2 aromatic carbocycles. The molecule has 0 amide bonds. The number of rotatable bonds is 6. The molecule has 2 rings (SSSR count). The molecule has 114 valence electrons. The van der Waals surface area contributed by atoms with Crippen LogP contribution in [0.25, 0.3) is 11.1 Å². The third kappa shape index (κ3) is 3.34. The molecule has 2 N–H and O–H groups in total. The molecule has 0 unspecified atom stereocenters. The van der Waals surface area contributed by atoms with Crippen LogP contribution in [0.1, 0.15) is 16.7 Å². The van der Waals surface area contributed by atoms with Gasteiger partial charge >= 0.3 is 0 Å². The smallest absolute Gasteiger partial charge is 0.127 e. The van der Waals surface area contributed by atoms with Crippen molar-refractivity contribution < 1.29 is 10.2 Å². The van der Waals surface area contributed by atoms with Crippen LogP contribution in [-0.4, -0.2) is 10.2 Å². The van der Waals surface area contributed by atoms with Crippen LogP contribution >= 0.6 is 11.6 Å². The van der Waals surface area contributed by atoms with E-state index in [1.165, 1.54) is 0 Å². The molecule has 0 saturated heterocycles. The Morgan fingerprint density at radius 1 is 0.909 bits per heavy atom. The molecule has 0 spiro atoms. The van der Waals surface area contributed by atoms with E-state index in [9.17, 15) is 10.2 Å². The number of hydrogen-bond donors (Lipinski definition) is 2. The van der Waals surface area contributed by atoms with Crippen molar-refractivity contribution in [3.63, 3.8) is 0 Å². The Labute approximate surface area is 136 Å². The lowest BCUT2D eigenvalue weighted by Gasteiger charge is -2.13. The minimum absolute atomic E-state index is 0.105. The first-order chi connectivity index (χ1) is 10.6. The molecule has 22 heavy (non-hydrogen) atoms. The van der Waals surface area contributed by atoms with Crippen molar-refractivity contribution in [1.29, 1.82) is 0 Å². The van der Waals surface area contributed by atoms with Gasteiger partial charge in [0.05, 0.1) is 5.88 Å². The zero-order valence-electron chi connectivity index (χ0n) is 12.3. The summed E-state index contributed by atoms with van der Waals surface area (Å²) in [6, 6.07) is 9.06. The highest BCUT2D eigenvalue weighted by Crippen LogP contribution is 2.39. The molecule has 0 aliphatic carbocycles. The monoisotopic (exact) mass is 314 g/mol. The number of alkyl halides is 1. The van der Waals surface area contributed by atoms with Crippen molar-refractivity contribution in [3.05, 3.63) is 72.3 Å². The van der Waals surface area contributed by atoms with Gasteiger partial charge < -0.3 is 10.2 Å². The molecule has 0 radical (unpaired) electrons. The maximum atomic E-state index is 10.4. The van der Waals surface area contributed by atoms with Crippen LogP contribution in [0.5, 0.6) is 11.5 Å². The van der Waals surface area contributed by atoms with E-state index in [4.69, 9.17) is 11.6 Å². The Morgan fingerprint density at radius 3 is 2.18 bits per heavy atom. The second-order valence-electron chi connectivity index (χ2n) is 5.12. The summed E-state index contributed by atoms with van der Waals surface area (Å²) >= 11 is 5.92. The molecule has 3 heteroatoms. The lowest BCUT2D eigenvalue weighted by molar-refractivity contribution is 0.466. The molecule has 2 aromatic rings. The summed E-state index contributed by atoms with van der Waals surface area (Å²) in [5.74, 6) is 0.435. The number of allylic oxidation sites excluding steroid dienone is 2. The van der Waals surface area contributed by atoms with Gasteiger partial charge in [0.25, 0.3) is 0 Å². The summed E-state index contributed by atoms with van der Waals surface area (Å²) < 4.78 is 0. The van der Waals surface area contributed by atoms with Gasteiger partial charge in [-0.25, -0.2) is 0 Å². The van der Waals surface area contributed by atoms with Crippen LogP contribution in [-0.2, 0) is 18.7 Å². The topological polar surface area (TPSA) is 40.5 Å². The van der Waals surface area contributed by atoms with E-state index in [0.717, 1.165) is 11.1 Å². The summed E-state index contributed by atoms with van der Waals surface area (Å²) in [6.07, 6.45) is 4.96. The molecule has 0 aliphatic rings. The first kappa shape index (κ1) is 16.2. The number of benzene rings is 2. The quantitative estimate of drug-likeness (QED) is 0.584. The highest BCUT2D eigenvalue weighted by atomic mass is 35.5. The fourth-order valence-corrected chi connectivity index (χ4v) is 2.65. The Hall–Kier alpha value is -2.19. The van der Waals surface area contributed by atoms with E-state index in [-0.39, 0.29) is 17.4 Å². The SMILES string of the molecule is C=CCc1ccc(O)c(-c2cc(CC=C)cc(CCl)c2O)c1. The average molecular weight is 315 g/mol. The molecule has 0 atom stereocenters. The predicted octanol–water partition coefficient (Wildman–Crippen LogP) is 4.96. The fraction of sp³-hybridized carbons (Fsp3) is 0.158. The van der Waals surface area contributed by atoms with Gasteiger partial charge in [0.1, 0.15) is 11.5 Å². The van der Waals surface area contributed by atoms with Crippen LogP contribution in [0.4, 0.5) is 0 Å². The standard InChI is InChI=1S/C19H19ClO2/c1-3-5-13-7-8-18(21)16(10-13)17-11-14(6-4-2)9-15(12-20)19(17)22/h3-4,7-11,21-22H,1-2,5-6,12H2. The van der Waals surface area contributed by atoms with Gasteiger partial charge in [0, 0.05) is 16.7 Å². The van der Waals surface area contributed by atoms with E-state index in [0.29, 0.717) is 29.5 Å². The molecule has 2 nitrogen and oxygen atoms in total. The van der Waals surface area contributed by atoms with Crippen molar-refractivity contribution in [2.24, 2.45) is 0 Å². The fourth-order valence-electron chi connectivity index (χ4n) is 2.44. The van der Waals surface area contributed by atoms with Gasteiger partial charge in [-0.2, -0.15) is 0 Å². The van der Waals surface area contributed by atoms with Crippen molar-refractivity contribution in [2.45, 2.75) is 18.7 Å². The molecular weight excluding hydrogens is 296 g/mol. The van der Waals surface area contributed by atoms with Crippen molar-refractivity contribution >= 4 is 11.6 Å². The number of hydrogen-bond acceptors (Lipinski definition) is 2. The summed E-state index contributed by atoms with van der Waals surface area (Å²) in [5.41, 5.74) is 3.83. The maximum Gasteiger partial charge on any atom is 0.127 e. The molecule has 0 bridgehead atoms. The van der Waals surface area contributed by atoms with Crippen LogP contribution < -0.4 is 0 Å². The third-order valence-corrected chi connectivity index (χ3v) is 3.79. The van der Waals surface area contributed by atoms with E-state index >= 15 is 0 Å². The van der Waals surface area contributed by atoms with Gasteiger partial charge in [-0.05, 0) is 42.2 Å². The molecular formula is C19H19ClO2. The first-order valence-corrected chi connectivity index (χ1v) is 7.59. The Bertz CT molecular complexity index is 705. The molecule has 0 saturated carbocycles. The summed E-state index contributed by atoms with van der Waals surface area (Å²) in [5, 5.41) is 20.6. The van der Waals surface area contributed by atoms with Gasteiger partial charge in [-0.3, -0.25) is 0 Å². The van der Waals surface area contributed by atoms with Crippen LogP contribution in [0, 0.1) is 0 Å². The molecule has 0 heterocycles. The minimum atomic E-state index is 0.105. The van der Waals surface area contributed by atoms with E-state index < -0.39 is 0 Å². The normalized spacial score (nSPS) is 10.4. The molecule has 0 aliphatic heterocycles. The minimum Gasteiger partial charge on any atom is -0.507 e. The van der Waals surface area contributed by atoms with Crippen molar-refractivity contribution in [3.8, 4) is 22.6 Å². The zero-order valence-corrected chi connectivity index (χ0v) is 13.1. The summed E-state index contributed by atoms with van der Waals surface area (Å²) in [6.45, 7) is 7.46. The number of phenolic OH excluding ortho intramolecular Hbond substituents is 2. The Kier molecular flexibility index (Phi) is 5.29. The van der Waals surface area contributed by atoms with Gasteiger partial charge in [0.15, 0.2) is 0 Å². The highest BCUT2D eigenvalue weighted by molar-refractivity contribution is 6.17. The summed E-state index contributed by atoms with van der Waals surface area (Å²) in [4.78, 5) is 0. The largest absolute Gasteiger partial charge is 0.507 e. The van der Waals surface area contributed by atoms with Crippen molar-refractivity contribution in [2.75, 3.05) is 0 Å². The van der Waals surface area contributed by atoms with E-state index in [1.807, 2.05) is 24.3 Å². The highest BCUT2D eigenvalue weighted by Gasteiger charge is 2.14. The maximum absolute atomic E-state index is 10.4. The second kappa shape index (κ2) is 7.19. The van der Waals surface area contributed by atoms with Crippen LogP contribution in [0.3, 0.4) is 0 Å². The Balaban J connectivity index is 2.64. The second-order valence-corrected chi connectivity index (χ2v) is 5.39. The summed E-state index contributed by atoms with van der Waals surface area (Å²) in [7, 11) is 0. The molecule has 0 aromatic heterocycles. The Morgan fingerprint density at radius 2 is 1.55 bits per heavy atom. The lowest BCUT2D eigenvalue weighted by Crippen LogP contribution is -1.92. The van der Waals surface area contributed by atoms with Gasteiger partial charge in [-0.15, -0.1) is 24.8 Å². The van der Waals surface area contributed by atoms with E-state index in [2.05, 4.69) is 13.2 Å². The molecule has 0 fully saturated rings. The van der Waals surface area contributed by atoms with E-state index in [1.54, 1.807) is 18.2 Å². The van der Waals surface area contributed by atoms with Gasteiger partial charge in [0.2, 0.25) is 0 Å². The first-order valence-electron chi connectivity index (χ1n) is 7.05. The predicted molar refractivity (Wildman–Crippen MR) is 92.6 cm³/mol. The number of halogens is 1. The third-order valence-electron chi connectivity index (χ3n) is 3.50. The van der Waals surface area contributed by atoms with Crippen LogP contribution in [0.15, 0.2) is 55.6 Å². The number of phenols is 2. The van der Waals surface area contributed by atoms with Crippen LogP contribution in [0.2, 0.25) is 0 Å². The van der Waals surface area contributed by atoms with Gasteiger partial charge in [-0.1, -0.05) is 24.3 Å². The average Bonchev–Trinajstić information content (AvgIpc) is 2.51. The van der Waals surface area contributed by atoms with Crippen molar-refractivity contribution in [1.82, 2.24) is 0 Å². The number of aromatic hydroxyl groups is 2. The zero-order chi connectivity index (χ0) is 16.1. The lowest BCUT2D eigenvalue weighted by atomic mass is 9.95.